The number of carbonyl (C=O) groups is 1. The summed E-state index contributed by atoms with van der Waals surface area (Å²) < 4.78 is 10.9. The van der Waals surface area contributed by atoms with Crippen LogP contribution in [0.2, 0.25) is 0 Å². The molecule has 0 atom stereocenters. The summed E-state index contributed by atoms with van der Waals surface area (Å²) in [5, 5.41) is 10.5. The van der Waals surface area contributed by atoms with E-state index in [1.54, 1.807) is 0 Å². The number of carbonyl (C=O) groups excluding carboxylic acids is 1. The Morgan fingerprint density at radius 1 is 1.33 bits per heavy atom. The van der Waals surface area contributed by atoms with Gasteiger partial charge in [0.15, 0.2) is 0 Å². The van der Waals surface area contributed by atoms with Crippen molar-refractivity contribution in [3.63, 3.8) is 0 Å². The lowest BCUT2D eigenvalue weighted by Crippen LogP contribution is -2.16. The predicted molar refractivity (Wildman–Crippen MR) is 57.9 cm³/mol. The van der Waals surface area contributed by atoms with Gasteiger partial charge in [0.1, 0.15) is 0 Å². The largest absolute Gasteiger partial charge is 0.345 e. The van der Waals surface area contributed by atoms with Crippen LogP contribution >= 0.6 is 28.5 Å². The average molecular weight is 263 g/mol. The topological polar surface area (TPSA) is 70.0 Å². The summed E-state index contributed by atoms with van der Waals surface area (Å²) in [6, 6.07) is 7.65. The number of nitrogens with one attached hydrogen (secondary N) is 1. The van der Waals surface area contributed by atoms with E-state index in [0.29, 0.717) is 5.56 Å². The Bertz CT molecular complexity index is 461. The van der Waals surface area contributed by atoms with Crippen LogP contribution in [-0.4, -0.2) is 5.91 Å². The van der Waals surface area contributed by atoms with Crippen LogP contribution in [0.3, 0.4) is 0 Å². The summed E-state index contributed by atoms with van der Waals surface area (Å²) in [4.78, 5) is 11.3. The third kappa shape index (κ3) is 3.93. The van der Waals surface area contributed by atoms with Crippen molar-refractivity contribution in [1.29, 1.82) is 5.26 Å². The molecule has 0 aromatic heterocycles. The van der Waals surface area contributed by atoms with E-state index in [9.17, 15) is 9.36 Å². The van der Waals surface area contributed by atoms with Crippen LogP contribution in [0.5, 0.6) is 0 Å². The van der Waals surface area contributed by atoms with Gasteiger partial charge in [0, 0.05) is 5.56 Å². The zero-order valence-electron chi connectivity index (χ0n) is 7.28. The standard InChI is InChI=1S/C8H5Cl2N2O2P/c9-15(10,14)12-8(13)7-3-1-6(5-11)2-4-7/h1-4H,(H,12,13,14). The summed E-state index contributed by atoms with van der Waals surface area (Å²) in [7, 11) is 0. The van der Waals surface area contributed by atoms with Crippen molar-refractivity contribution in [2.45, 2.75) is 0 Å². The number of benzene rings is 1. The molecule has 1 amide bonds. The monoisotopic (exact) mass is 262 g/mol. The van der Waals surface area contributed by atoms with Crippen molar-refractivity contribution in [1.82, 2.24) is 5.09 Å². The van der Waals surface area contributed by atoms with Crippen LogP contribution < -0.4 is 5.09 Å². The van der Waals surface area contributed by atoms with Gasteiger partial charge in [-0.15, -0.1) is 0 Å². The molecule has 1 N–H and O–H groups in total. The fraction of sp³-hybridized carbons (Fsp3) is 0. The molecule has 0 aliphatic heterocycles. The molecule has 15 heavy (non-hydrogen) atoms. The minimum atomic E-state index is -3.63. The average Bonchev–Trinajstić information content (AvgIpc) is 2.15. The minimum Gasteiger partial charge on any atom is -0.279 e. The SMILES string of the molecule is N#Cc1ccc(C(=O)NP(=O)(Cl)Cl)cc1. The van der Waals surface area contributed by atoms with E-state index < -0.39 is 11.9 Å². The number of hydrogen-bond acceptors (Lipinski definition) is 3. The van der Waals surface area contributed by atoms with Gasteiger partial charge < -0.3 is 0 Å². The van der Waals surface area contributed by atoms with Crippen LogP contribution in [0.25, 0.3) is 0 Å². The zero-order chi connectivity index (χ0) is 11.5. The highest BCUT2D eigenvalue weighted by atomic mass is 35.9. The molecule has 7 heteroatoms. The smallest absolute Gasteiger partial charge is 0.279 e. The molecule has 0 radical (unpaired) electrons. The minimum absolute atomic E-state index is 0.232. The second kappa shape index (κ2) is 4.67. The van der Waals surface area contributed by atoms with Gasteiger partial charge in [-0.1, -0.05) is 0 Å². The molecule has 0 spiro atoms. The first-order chi connectivity index (χ1) is 6.92. The lowest BCUT2D eigenvalue weighted by atomic mass is 10.1. The number of rotatable bonds is 2. The van der Waals surface area contributed by atoms with Gasteiger partial charge >= 0.3 is 6.00 Å². The Kier molecular flexibility index (Phi) is 3.76. The van der Waals surface area contributed by atoms with E-state index in [-0.39, 0.29) is 5.56 Å². The highest BCUT2D eigenvalue weighted by Crippen LogP contribution is 2.52. The normalized spacial score (nSPS) is 10.5. The number of nitriles is 1. The highest BCUT2D eigenvalue weighted by Gasteiger charge is 2.18. The molecule has 0 unspecified atom stereocenters. The lowest BCUT2D eigenvalue weighted by molar-refractivity contribution is 0.0982. The number of nitrogens with zero attached hydrogens (tertiary/aromatic N) is 1. The second-order valence-corrected chi connectivity index (χ2v) is 7.12. The molecule has 4 nitrogen and oxygen atoms in total. The number of hydrogen-bond donors (Lipinski definition) is 1. The van der Waals surface area contributed by atoms with Gasteiger partial charge in [-0.05, 0) is 46.7 Å². The Morgan fingerprint density at radius 3 is 2.27 bits per heavy atom. The maximum Gasteiger partial charge on any atom is 0.345 e. The van der Waals surface area contributed by atoms with E-state index in [1.807, 2.05) is 11.2 Å². The molecule has 0 aliphatic rings. The summed E-state index contributed by atoms with van der Waals surface area (Å²) in [6.45, 7) is 0. The number of halogens is 2. The van der Waals surface area contributed by atoms with E-state index in [1.165, 1.54) is 24.3 Å². The molecule has 0 aliphatic carbocycles. The van der Waals surface area contributed by atoms with E-state index >= 15 is 0 Å². The van der Waals surface area contributed by atoms with Gasteiger partial charge in [-0.25, -0.2) is 0 Å². The lowest BCUT2D eigenvalue weighted by Gasteiger charge is -2.04. The van der Waals surface area contributed by atoms with Crippen molar-refractivity contribution in [2.75, 3.05) is 0 Å². The van der Waals surface area contributed by atoms with Crippen molar-refractivity contribution >= 4 is 34.4 Å². The van der Waals surface area contributed by atoms with Crippen LogP contribution in [0.4, 0.5) is 0 Å². The Hall–Kier alpha value is -1.01. The molecule has 0 saturated heterocycles. The molecule has 1 rings (SSSR count). The zero-order valence-corrected chi connectivity index (χ0v) is 9.68. The first-order valence-corrected chi connectivity index (χ1v) is 7.26. The Morgan fingerprint density at radius 2 is 1.87 bits per heavy atom. The van der Waals surface area contributed by atoms with Crippen LogP contribution in [0, 0.1) is 11.3 Å². The van der Waals surface area contributed by atoms with Crippen molar-refractivity contribution in [2.24, 2.45) is 0 Å². The van der Waals surface area contributed by atoms with E-state index in [0.717, 1.165) is 0 Å². The molecule has 78 valence electrons. The van der Waals surface area contributed by atoms with Gasteiger partial charge in [-0.3, -0.25) is 14.4 Å². The summed E-state index contributed by atoms with van der Waals surface area (Å²) in [5.74, 6) is -4.27. The van der Waals surface area contributed by atoms with Gasteiger partial charge in [0.25, 0.3) is 5.91 Å². The molecule has 0 saturated carbocycles. The van der Waals surface area contributed by atoms with Crippen LogP contribution in [-0.2, 0) is 4.57 Å². The summed E-state index contributed by atoms with van der Waals surface area (Å²) in [5.41, 5.74) is 0.655. The highest BCUT2D eigenvalue weighted by molar-refractivity contribution is 8.07. The fourth-order valence-electron chi connectivity index (χ4n) is 0.879. The van der Waals surface area contributed by atoms with E-state index in [4.69, 9.17) is 27.7 Å². The van der Waals surface area contributed by atoms with Crippen LogP contribution in [0.15, 0.2) is 24.3 Å². The number of amides is 1. The summed E-state index contributed by atoms with van der Waals surface area (Å²) >= 11 is 10.3. The summed E-state index contributed by atoms with van der Waals surface area (Å²) in [6.07, 6.45) is 0. The molecule has 1 aromatic rings. The molecule has 1 aromatic carbocycles. The second-order valence-electron chi connectivity index (χ2n) is 2.59. The van der Waals surface area contributed by atoms with Gasteiger partial charge in [-0.2, -0.15) is 5.26 Å². The van der Waals surface area contributed by atoms with Crippen molar-refractivity contribution < 1.29 is 9.36 Å². The maximum absolute atomic E-state index is 11.3. The first kappa shape index (κ1) is 12.1. The predicted octanol–water partition coefficient (Wildman–Crippen LogP) is 2.87. The van der Waals surface area contributed by atoms with Crippen molar-refractivity contribution in [3.05, 3.63) is 35.4 Å². The third-order valence-corrected chi connectivity index (χ3v) is 2.48. The molecular weight excluding hydrogens is 258 g/mol. The maximum atomic E-state index is 11.3. The first-order valence-electron chi connectivity index (χ1n) is 3.74. The third-order valence-electron chi connectivity index (χ3n) is 1.51. The molecule has 0 heterocycles. The van der Waals surface area contributed by atoms with Gasteiger partial charge in [0.2, 0.25) is 0 Å². The van der Waals surface area contributed by atoms with Crippen LogP contribution in [0.1, 0.15) is 15.9 Å². The van der Waals surface area contributed by atoms with E-state index in [2.05, 4.69) is 0 Å². The molecule has 0 bridgehead atoms. The fourth-order valence-corrected chi connectivity index (χ4v) is 1.71. The Labute approximate surface area is 95.8 Å². The Balaban J connectivity index is 2.85. The van der Waals surface area contributed by atoms with Crippen molar-refractivity contribution in [3.8, 4) is 6.07 Å². The molecular formula is C8H5Cl2N2O2P. The molecule has 0 fully saturated rings. The quantitative estimate of drug-likeness (QED) is 0.834. The van der Waals surface area contributed by atoms with Gasteiger partial charge in [0.05, 0.1) is 11.6 Å².